The number of sulfonamides is 1. The standard InChI is InChI=1S/C21H23N3O6S/c1-2-29-21(26)18-7-8-20(30-18)31(27,28)24-11-9-23(10-12-24)19(25)13-15-14-22-17-6-4-3-5-16(15)17/h3-8,14,22H,2,9-13H2,1H3. The van der Waals surface area contributed by atoms with Crippen molar-refractivity contribution in [1.82, 2.24) is 14.2 Å². The van der Waals surface area contributed by atoms with Crippen molar-refractivity contribution in [2.45, 2.75) is 18.4 Å². The van der Waals surface area contributed by atoms with E-state index in [-0.39, 0.29) is 56.0 Å². The number of furan rings is 1. The van der Waals surface area contributed by atoms with Crippen LogP contribution in [0.1, 0.15) is 23.0 Å². The number of amides is 1. The van der Waals surface area contributed by atoms with Crippen LogP contribution in [-0.2, 0) is 26.0 Å². The number of esters is 1. The summed E-state index contributed by atoms with van der Waals surface area (Å²) in [7, 11) is -3.90. The summed E-state index contributed by atoms with van der Waals surface area (Å²) in [4.78, 5) is 29.3. The van der Waals surface area contributed by atoms with Gasteiger partial charge in [0.1, 0.15) is 0 Å². The Morgan fingerprint density at radius 3 is 2.58 bits per heavy atom. The third kappa shape index (κ3) is 4.21. The Bertz CT molecular complexity index is 1200. The molecule has 1 aliphatic rings. The first kappa shape index (κ1) is 21.1. The monoisotopic (exact) mass is 445 g/mol. The Balaban J connectivity index is 1.38. The van der Waals surface area contributed by atoms with Crippen molar-refractivity contribution < 1.29 is 27.2 Å². The van der Waals surface area contributed by atoms with Gasteiger partial charge in [0.2, 0.25) is 16.8 Å². The van der Waals surface area contributed by atoms with E-state index in [1.807, 2.05) is 30.5 Å². The van der Waals surface area contributed by atoms with Gasteiger partial charge in [-0.15, -0.1) is 0 Å². The highest BCUT2D eigenvalue weighted by Gasteiger charge is 2.33. The molecule has 0 unspecified atom stereocenters. The molecule has 3 heterocycles. The van der Waals surface area contributed by atoms with E-state index in [9.17, 15) is 18.0 Å². The van der Waals surface area contributed by atoms with Crippen molar-refractivity contribution in [3.63, 3.8) is 0 Å². The van der Waals surface area contributed by atoms with Crippen molar-refractivity contribution in [3.8, 4) is 0 Å². The average molecular weight is 445 g/mol. The number of aromatic amines is 1. The molecule has 9 nitrogen and oxygen atoms in total. The van der Waals surface area contributed by atoms with E-state index in [0.717, 1.165) is 16.5 Å². The van der Waals surface area contributed by atoms with Crippen molar-refractivity contribution in [3.05, 3.63) is 53.9 Å². The Morgan fingerprint density at radius 2 is 1.84 bits per heavy atom. The normalized spacial score (nSPS) is 15.3. The molecule has 3 aromatic rings. The molecule has 164 valence electrons. The minimum absolute atomic E-state index is 0.0515. The topological polar surface area (TPSA) is 113 Å². The van der Waals surface area contributed by atoms with Crippen LogP contribution in [0.2, 0.25) is 0 Å². The number of aromatic nitrogens is 1. The van der Waals surface area contributed by atoms with Gasteiger partial charge >= 0.3 is 5.97 Å². The minimum Gasteiger partial charge on any atom is -0.460 e. The summed E-state index contributed by atoms with van der Waals surface area (Å²) in [6.07, 6.45) is 2.08. The second-order valence-corrected chi connectivity index (χ2v) is 9.03. The maximum atomic E-state index is 12.8. The molecule has 0 radical (unpaired) electrons. The van der Waals surface area contributed by atoms with Crippen LogP contribution in [0, 0.1) is 0 Å². The highest BCUT2D eigenvalue weighted by Crippen LogP contribution is 2.22. The van der Waals surface area contributed by atoms with Gasteiger partial charge in [-0.25, -0.2) is 13.2 Å². The van der Waals surface area contributed by atoms with Crippen LogP contribution in [0.25, 0.3) is 10.9 Å². The molecule has 1 fully saturated rings. The number of benzene rings is 1. The van der Waals surface area contributed by atoms with Crippen LogP contribution in [-0.4, -0.2) is 67.3 Å². The smallest absolute Gasteiger partial charge is 0.374 e. The lowest BCUT2D eigenvalue weighted by molar-refractivity contribution is -0.131. The van der Waals surface area contributed by atoms with E-state index >= 15 is 0 Å². The van der Waals surface area contributed by atoms with Gasteiger partial charge in [-0.3, -0.25) is 4.79 Å². The summed E-state index contributed by atoms with van der Waals surface area (Å²) in [6, 6.07) is 10.3. The fourth-order valence-electron chi connectivity index (χ4n) is 3.63. The molecule has 31 heavy (non-hydrogen) atoms. The van der Waals surface area contributed by atoms with Crippen LogP contribution in [0.5, 0.6) is 0 Å². The van der Waals surface area contributed by atoms with Crippen molar-refractivity contribution >= 4 is 32.8 Å². The zero-order valence-electron chi connectivity index (χ0n) is 17.0. The summed E-state index contributed by atoms with van der Waals surface area (Å²) in [5.74, 6) is -0.922. The molecule has 0 atom stereocenters. The molecule has 1 N–H and O–H groups in total. The fraction of sp³-hybridized carbons (Fsp3) is 0.333. The number of nitrogens with one attached hydrogen (secondary N) is 1. The van der Waals surface area contributed by atoms with E-state index in [4.69, 9.17) is 9.15 Å². The fourth-order valence-corrected chi connectivity index (χ4v) is 4.96. The van der Waals surface area contributed by atoms with Crippen LogP contribution in [0.3, 0.4) is 0 Å². The molecule has 1 aromatic carbocycles. The van der Waals surface area contributed by atoms with Crippen LogP contribution in [0.15, 0.2) is 52.1 Å². The lowest BCUT2D eigenvalue weighted by Crippen LogP contribution is -2.50. The molecule has 2 aromatic heterocycles. The summed E-state index contributed by atoms with van der Waals surface area (Å²) in [5, 5.41) is 0.696. The highest BCUT2D eigenvalue weighted by molar-refractivity contribution is 7.89. The second-order valence-electron chi connectivity index (χ2n) is 7.16. The lowest BCUT2D eigenvalue weighted by Gasteiger charge is -2.33. The van der Waals surface area contributed by atoms with Crippen LogP contribution < -0.4 is 0 Å². The number of nitrogens with zero attached hydrogens (tertiary/aromatic N) is 2. The molecule has 0 spiro atoms. The lowest BCUT2D eigenvalue weighted by atomic mass is 10.1. The first-order valence-electron chi connectivity index (χ1n) is 10.00. The van der Waals surface area contributed by atoms with Gasteiger partial charge in [0.25, 0.3) is 10.0 Å². The number of hydrogen-bond donors (Lipinski definition) is 1. The average Bonchev–Trinajstić information content (AvgIpc) is 3.42. The molecule has 10 heteroatoms. The summed E-state index contributed by atoms with van der Waals surface area (Å²) < 4.78 is 37.0. The number of carbonyl (C=O) groups excluding carboxylic acids is 2. The first-order valence-corrected chi connectivity index (χ1v) is 11.4. The summed E-state index contributed by atoms with van der Waals surface area (Å²) >= 11 is 0. The Morgan fingerprint density at radius 1 is 1.10 bits per heavy atom. The summed E-state index contributed by atoms with van der Waals surface area (Å²) in [6.45, 7) is 2.68. The molecule has 1 amide bonds. The molecular formula is C21H23N3O6S. The Labute approximate surface area is 179 Å². The number of carbonyl (C=O) groups is 2. The van der Waals surface area contributed by atoms with Crippen molar-refractivity contribution in [1.29, 1.82) is 0 Å². The minimum atomic E-state index is -3.90. The van der Waals surface area contributed by atoms with E-state index in [2.05, 4.69) is 4.98 Å². The number of fused-ring (bicyclic) bond motifs is 1. The van der Waals surface area contributed by atoms with E-state index < -0.39 is 16.0 Å². The number of piperazine rings is 1. The maximum Gasteiger partial charge on any atom is 0.374 e. The quantitative estimate of drug-likeness (QED) is 0.581. The highest BCUT2D eigenvalue weighted by atomic mass is 32.2. The maximum absolute atomic E-state index is 12.8. The molecular weight excluding hydrogens is 422 g/mol. The predicted octanol–water partition coefficient (Wildman–Crippen LogP) is 2.01. The van der Waals surface area contributed by atoms with E-state index in [0.29, 0.717) is 0 Å². The van der Waals surface area contributed by atoms with Crippen molar-refractivity contribution in [2.75, 3.05) is 32.8 Å². The molecule has 0 aliphatic carbocycles. The van der Waals surface area contributed by atoms with Crippen molar-refractivity contribution in [2.24, 2.45) is 0 Å². The number of para-hydroxylation sites is 1. The molecule has 0 saturated carbocycles. The Kier molecular flexibility index (Phi) is 5.84. The Hall–Kier alpha value is -3.11. The SMILES string of the molecule is CCOC(=O)c1ccc(S(=O)(=O)N2CCN(C(=O)Cc3c[nH]c4ccccc34)CC2)o1. The van der Waals surface area contributed by atoms with Gasteiger partial charge in [-0.05, 0) is 30.7 Å². The van der Waals surface area contributed by atoms with Gasteiger partial charge in [0.15, 0.2) is 0 Å². The molecule has 4 rings (SSSR count). The molecule has 0 bridgehead atoms. The zero-order chi connectivity index (χ0) is 22.0. The third-order valence-corrected chi connectivity index (χ3v) is 7.03. The van der Waals surface area contributed by atoms with Crippen LogP contribution in [0.4, 0.5) is 0 Å². The number of H-pyrrole nitrogens is 1. The summed E-state index contributed by atoms with van der Waals surface area (Å²) in [5.41, 5.74) is 1.89. The number of rotatable bonds is 6. The zero-order valence-corrected chi connectivity index (χ0v) is 17.9. The van der Waals surface area contributed by atoms with E-state index in [1.54, 1.807) is 11.8 Å². The van der Waals surface area contributed by atoms with Gasteiger partial charge in [0.05, 0.1) is 13.0 Å². The van der Waals surface area contributed by atoms with Crippen LogP contribution >= 0.6 is 0 Å². The predicted molar refractivity (Wildman–Crippen MR) is 112 cm³/mol. The van der Waals surface area contributed by atoms with E-state index in [1.165, 1.54) is 16.4 Å². The van der Waals surface area contributed by atoms with Gasteiger partial charge in [-0.2, -0.15) is 4.31 Å². The molecule has 1 aliphatic heterocycles. The van der Waals surface area contributed by atoms with Gasteiger partial charge in [0, 0.05) is 43.3 Å². The third-order valence-electron chi connectivity index (χ3n) is 5.26. The second kappa shape index (κ2) is 8.56. The number of hydrogen-bond acceptors (Lipinski definition) is 6. The van der Waals surface area contributed by atoms with Gasteiger partial charge in [-0.1, -0.05) is 18.2 Å². The largest absolute Gasteiger partial charge is 0.460 e. The first-order chi connectivity index (χ1) is 14.9. The molecule has 1 saturated heterocycles. The number of ether oxygens (including phenoxy) is 1. The van der Waals surface area contributed by atoms with Gasteiger partial charge < -0.3 is 19.0 Å².